The van der Waals surface area contributed by atoms with Crippen LogP contribution in [0.25, 0.3) is 0 Å². The molecule has 0 aliphatic heterocycles. The molecule has 0 saturated heterocycles. The van der Waals surface area contributed by atoms with Crippen LogP contribution in [0, 0.1) is 0 Å². The molecule has 0 aliphatic carbocycles. The van der Waals surface area contributed by atoms with E-state index in [2.05, 4.69) is 20.8 Å². The van der Waals surface area contributed by atoms with Crippen molar-refractivity contribution in [3.05, 3.63) is 30.3 Å². The average Bonchev–Trinajstić information content (AvgIpc) is 2.85. The van der Waals surface area contributed by atoms with Gasteiger partial charge < -0.3 is 4.74 Å². The van der Waals surface area contributed by atoms with Gasteiger partial charge in [0, 0.05) is 6.92 Å². The molecular formula is C32H64O2Sn2. The number of carbonyl (C=O) groups excluding carboxylic acids is 1. The van der Waals surface area contributed by atoms with Gasteiger partial charge in [0.15, 0.2) is 0 Å². The molecule has 1 aromatic rings. The zero-order valence-electron chi connectivity index (χ0n) is 24.1. The van der Waals surface area contributed by atoms with E-state index in [1.807, 2.05) is 18.2 Å². The molecule has 2 nitrogen and oxygen atoms in total. The Balaban J connectivity index is 0. The van der Waals surface area contributed by atoms with Gasteiger partial charge in [0.05, 0.1) is 0 Å². The third-order valence-corrected chi connectivity index (χ3v) is 17.4. The molecule has 0 bridgehead atoms. The number of carbonyl (C=O) groups is 1. The van der Waals surface area contributed by atoms with Gasteiger partial charge in [-0.2, -0.15) is 0 Å². The van der Waals surface area contributed by atoms with Crippen LogP contribution in [0.5, 0.6) is 5.75 Å². The Morgan fingerprint density at radius 2 is 0.917 bits per heavy atom. The van der Waals surface area contributed by atoms with Gasteiger partial charge in [0.2, 0.25) is 0 Å². The first-order chi connectivity index (χ1) is 17.1. The number of unbranched alkanes of at least 4 members (excludes halogenated alkanes) is 15. The van der Waals surface area contributed by atoms with Crippen molar-refractivity contribution >= 4 is 49.6 Å². The van der Waals surface area contributed by atoms with Crippen LogP contribution in [-0.4, -0.2) is 49.6 Å². The molecule has 1 rings (SSSR count). The van der Waals surface area contributed by atoms with Crippen LogP contribution in [-0.2, 0) is 4.79 Å². The van der Waals surface area contributed by atoms with Crippen LogP contribution in [0.2, 0.25) is 13.3 Å². The van der Waals surface area contributed by atoms with Gasteiger partial charge in [-0.3, -0.25) is 4.79 Å². The maximum atomic E-state index is 10.4. The van der Waals surface area contributed by atoms with Crippen LogP contribution >= 0.6 is 0 Å². The molecule has 0 atom stereocenters. The third-order valence-electron chi connectivity index (χ3n) is 6.90. The van der Waals surface area contributed by atoms with E-state index in [-0.39, 0.29) is 29.9 Å². The fourth-order valence-corrected chi connectivity index (χ4v) is 14.6. The maximum absolute atomic E-state index is 10.4. The Morgan fingerprint density at radius 1 is 0.583 bits per heavy atom. The molecule has 0 spiro atoms. The molecule has 0 N–H and O–H groups in total. The molecule has 212 valence electrons. The van der Waals surface area contributed by atoms with Gasteiger partial charge in [-0.25, -0.2) is 0 Å². The summed E-state index contributed by atoms with van der Waals surface area (Å²) in [7, 11) is 0. The summed E-state index contributed by atoms with van der Waals surface area (Å²) < 4.78 is 9.98. The normalized spacial score (nSPS) is 10.5. The number of rotatable bonds is 22. The Bertz CT molecular complexity index is 512. The summed E-state index contributed by atoms with van der Waals surface area (Å²) in [6.07, 6.45) is 27.0. The van der Waals surface area contributed by atoms with Crippen molar-refractivity contribution < 1.29 is 9.53 Å². The number of hydrogen-bond donors (Lipinski definition) is 0. The molecular weight excluding hydrogens is 654 g/mol. The molecule has 0 fully saturated rings. The second kappa shape index (κ2) is 31.5. The van der Waals surface area contributed by atoms with E-state index in [1.54, 1.807) is 64.0 Å². The number of ether oxygens (including phenoxy) is 1. The fourth-order valence-electron chi connectivity index (χ4n) is 4.73. The summed E-state index contributed by atoms with van der Waals surface area (Å²) >= 11 is -1.16. The molecule has 0 amide bonds. The van der Waals surface area contributed by atoms with Crippen LogP contribution < -0.4 is 4.74 Å². The van der Waals surface area contributed by atoms with Crippen molar-refractivity contribution in [2.75, 3.05) is 0 Å². The molecule has 0 radical (unpaired) electrons. The second-order valence-electron chi connectivity index (χ2n) is 10.4. The van der Waals surface area contributed by atoms with Gasteiger partial charge >= 0.3 is 199 Å². The molecule has 36 heavy (non-hydrogen) atoms. The third kappa shape index (κ3) is 28.9. The topological polar surface area (TPSA) is 26.3 Å². The van der Waals surface area contributed by atoms with Gasteiger partial charge in [-0.15, -0.1) is 0 Å². The predicted molar refractivity (Wildman–Crippen MR) is 171 cm³/mol. The van der Waals surface area contributed by atoms with E-state index in [0.29, 0.717) is 5.75 Å². The summed E-state index contributed by atoms with van der Waals surface area (Å²) in [5.74, 6) is 0.307. The van der Waals surface area contributed by atoms with Crippen molar-refractivity contribution in [1.29, 1.82) is 0 Å². The zero-order chi connectivity index (χ0) is 25.8. The van der Waals surface area contributed by atoms with Crippen molar-refractivity contribution in [2.24, 2.45) is 0 Å². The minimum absolute atomic E-state index is 0. The SMILES string of the molecule is CC(=O)Oc1ccccc1.CCCCCCC[CH2][SnH]([CH2]CCCCCCC)[CH2]CCCCCCC.[SnH4]. The van der Waals surface area contributed by atoms with Gasteiger partial charge in [0.1, 0.15) is 5.75 Å². The number of hydrogen-bond acceptors (Lipinski definition) is 2. The number of esters is 1. The first-order valence-corrected chi connectivity index (χ1v) is 22.4. The first-order valence-electron chi connectivity index (χ1n) is 15.4. The van der Waals surface area contributed by atoms with Gasteiger partial charge in [-0.05, 0) is 12.1 Å². The van der Waals surface area contributed by atoms with Gasteiger partial charge in [-0.1, -0.05) is 18.2 Å². The first kappa shape index (κ1) is 38.4. The van der Waals surface area contributed by atoms with E-state index >= 15 is 0 Å². The van der Waals surface area contributed by atoms with Crippen LogP contribution in [0.4, 0.5) is 0 Å². The minimum atomic E-state index is -1.16. The van der Waals surface area contributed by atoms with Crippen molar-refractivity contribution in [2.45, 2.75) is 157 Å². The Kier molecular flexibility index (Phi) is 33.6. The standard InChI is InChI=1S/C8H8O2.3C8H17.2Sn.5H/c1-7(9)10-8-5-3-2-4-6-8;3*1-3-5-7-8-6-4-2;;;;;;;/h2-6H,1H3;3*1,3-8H2,2H3;;;;;;;. The van der Waals surface area contributed by atoms with E-state index in [1.165, 1.54) is 84.0 Å². The van der Waals surface area contributed by atoms with Crippen molar-refractivity contribution in [3.8, 4) is 5.75 Å². The predicted octanol–water partition coefficient (Wildman–Crippen LogP) is 9.46. The monoisotopic (exact) mass is 720 g/mol. The molecule has 4 heteroatoms. The van der Waals surface area contributed by atoms with E-state index in [0.717, 1.165) is 0 Å². The van der Waals surface area contributed by atoms with E-state index in [4.69, 9.17) is 4.74 Å². The Hall–Kier alpha value is 0.287. The molecule has 0 heterocycles. The number of para-hydroxylation sites is 1. The summed E-state index contributed by atoms with van der Waals surface area (Å²) in [6.45, 7) is 8.36. The van der Waals surface area contributed by atoms with E-state index < -0.39 is 19.8 Å². The van der Waals surface area contributed by atoms with Crippen LogP contribution in [0.15, 0.2) is 30.3 Å². The summed E-state index contributed by atoms with van der Waals surface area (Å²) in [5.41, 5.74) is 0. The second-order valence-corrected chi connectivity index (χ2v) is 20.3. The summed E-state index contributed by atoms with van der Waals surface area (Å²) in [5, 5.41) is 0. The van der Waals surface area contributed by atoms with Crippen LogP contribution in [0.3, 0.4) is 0 Å². The fraction of sp³-hybridized carbons (Fsp3) is 0.781. The molecule has 0 saturated carbocycles. The molecule has 0 aliphatic rings. The summed E-state index contributed by atoms with van der Waals surface area (Å²) in [6, 6.07) is 8.98. The van der Waals surface area contributed by atoms with Gasteiger partial charge in [0.25, 0.3) is 0 Å². The zero-order valence-corrected chi connectivity index (χ0v) is 27.4. The molecule has 0 unspecified atom stereocenters. The van der Waals surface area contributed by atoms with E-state index in [9.17, 15) is 4.79 Å². The van der Waals surface area contributed by atoms with Crippen LogP contribution in [0.1, 0.15) is 143 Å². The van der Waals surface area contributed by atoms with Crippen molar-refractivity contribution in [3.63, 3.8) is 0 Å². The molecule has 1 aromatic carbocycles. The molecule has 0 aromatic heterocycles. The van der Waals surface area contributed by atoms with Crippen molar-refractivity contribution in [1.82, 2.24) is 0 Å². The Labute approximate surface area is 250 Å². The quantitative estimate of drug-likeness (QED) is 0.0517. The number of benzene rings is 1. The average molecular weight is 718 g/mol. The Morgan fingerprint density at radius 3 is 1.25 bits per heavy atom. The summed E-state index contributed by atoms with van der Waals surface area (Å²) in [4.78, 5) is 10.4.